The van der Waals surface area contributed by atoms with Crippen molar-refractivity contribution in [2.24, 2.45) is 0 Å². The van der Waals surface area contributed by atoms with Crippen molar-refractivity contribution in [1.82, 2.24) is 0 Å². The molecule has 6 heteroatoms. The zero-order valence-corrected chi connectivity index (χ0v) is 10.8. The second-order valence-corrected chi connectivity index (χ2v) is 0.750. The van der Waals surface area contributed by atoms with Gasteiger partial charge in [0.25, 0.3) is 0 Å². The van der Waals surface area contributed by atoms with E-state index in [1.807, 2.05) is 0 Å². The number of hydrogen-bond donors (Lipinski definition) is 0. The molecule has 0 aliphatic heterocycles. The van der Waals surface area contributed by atoms with Crippen LogP contribution in [-0.2, 0) is 4.46 Å². The summed E-state index contributed by atoms with van der Waals surface area (Å²) in [5.41, 5.74) is 0. The second-order valence-electron chi connectivity index (χ2n) is 0.250. The Hall–Kier alpha value is 2.45. The van der Waals surface area contributed by atoms with E-state index in [1.54, 1.807) is 0 Å². The van der Waals surface area contributed by atoms with Gasteiger partial charge in [-0.3, -0.25) is 0 Å². The minimum Gasteiger partial charge on any atom is -0.672 e. The van der Waals surface area contributed by atoms with Crippen LogP contribution in [-0.4, -0.2) is 95.8 Å². The van der Waals surface area contributed by atoms with Gasteiger partial charge in [-0.15, -0.1) is 0 Å². The molecule has 0 aromatic carbocycles. The van der Waals surface area contributed by atoms with Gasteiger partial charge in [0.15, 0.2) is 0 Å². The number of hydrogen-bond acceptors (Lipinski definition) is 3. The average Bonchev–Trinajstić information content (AvgIpc) is 0.811. The predicted molar refractivity (Wildman–Crippen MR) is 17.9 cm³/mol. The minimum atomic E-state index is -3.63. The van der Waals surface area contributed by atoms with Crippen molar-refractivity contribution >= 4 is 95.8 Å². The smallest absolute Gasteiger partial charge is 0.672 e. The predicted octanol–water partition coefficient (Wildman–Crippen LogP) is -3.64. The van der Waals surface area contributed by atoms with Gasteiger partial charge in [0.05, 0.1) is 0 Å². The summed E-state index contributed by atoms with van der Waals surface area (Å²) in [5, 5.41) is 0. The quantitative estimate of drug-likeness (QED) is 0.419. The fraction of sp³-hybridized carbons (Fsp3) is 0. The Morgan fingerprint density at radius 1 is 1.33 bits per heavy atom. The van der Waals surface area contributed by atoms with Crippen molar-refractivity contribution < 1.29 is 14.1 Å². The van der Waals surface area contributed by atoms with Crippen molar-refractivity contribution in [3.05, 3.63) is 0 Å². The van der Waals surface area contributed by atoms with Crippen LogP contribution in [0.3, 0.4) is 0 Å². The van der Waals surface area contributed by atoms with Crippen LogP contribution < -0.4 is 9.59 Å². The molecule has 0 spiro atoms. The van der Waals surface area contributed by atoms with E-state index in [1.165, 1.54) is 0 Å². The third-order valence-electron chi connectivity index (χ3n) is 0. The molecule has 0 bridgehead atoms. The first-order valence-electron chi connectivity index (χ1n) is 0.612. The van der Waals surface area contributed by atoms with E-state index in [-0.39, 0.29) is 86.6 Å². The van der Waals surface area contributed by atoms with Crippen LogP contribution in [0.5, 0.6) is 0 Å². The van der Waals surface area contributed by atoms with Crippen LogP contribution in [0.4, 0.5) is 0 Å². The van der Waals surface area contributed by atoms with E-state index in [0.717, 1.165) is 0 Å². The van der Waals surface area contributed by atoms with Gasteiger partial charge in [0.1, 0.15) is 0 Å². The van der Waals surface area contributed by atoms with Crippen molar-refractivity contribution in [2.75, 3.05) is 0 Å². The molecule has 0 saturated carbocycles. The standard InChI is InChI=1S/Ba.Ca.O3Si/c;;1-4(2)3/q2*+2;-2. The zero-order valence-electron chi connectivity index (χ0n) is 3.14. The minimum absolute atomic E-state index is 0. The second kappa shape index (κ2) is 10.4. The molecule has 0 N–H and O–H groups in total. The van der Waals surface area contributed by atoms with Gasteiger partial charge in [-0.1, -0.05) is 0 Å². The molecule has 0 aromatic rings. The largest absolute Gasteiger partial charge is 2.00 e. The summed E-state index contributed by atoms with van der Waals surface area (Å²) in [6, 6.07) is 0. The summed E-state index contributed by atoms with van der Waals surface area (Å²) in [6.07, 6.45) is 0. The Labute approximate surface area is 107 Å². The SMILES string of the molecule is O=[Si]([O-])[O-].[Ba+2].[Ca+2]. The molecular weight excluding hydrogens is 253 g/mol. The van der Waals surface area contributed by atoms with Gasteiger partial charge in [0, 0.05) is 9.17 Å². The summed E-state index contributed by atoms with van der Waals surface area (Å²) in [5.74, 6) is 0. The molecule has 24 valence electrons. The summed E-state index contributed by atoms with van der Waals surface area (Å²) in [4.78, 5) is 17.0. The Morgan fingerprint density at radius 3 is 1.33 bits per heavy atom. The molecule has 0 heterocycles. The van der Waals surface area contributed by atoms with E-state index in [0.29, 0.717) is 0 Å². The van der Waals surface area contributed by atoms with Gasteiger partial charge < -0.3 is 14.1 Å². The molecule has 3 nitrogen and oxygen atoms in total. The molecule has 0 rings (SSSR count). The topological polar surface area (TPSA) is 63.2 Å². The fourth-order valence-corrected chi connectivity index (χ4v) is 0. The molecular formula is BaCaO3Si+2. The molecule has 0 unspecified atom stereocenters. The third kappa shape index (κ3) is 31.9. The van der Waals surface area contributed by atoms with E-state index in [4.69, 9.17) is 14.1 Å². The first-order chi connectivity index (χ1) is 1.73. The summed E-state index contributed by atoms with van der Waals surface area (Å²) >= 11 is 0. The Bertz CT molecular complexity index is 33.8. The average molecular weight is 253 g/mol. The molecule has 0 saturated heterocycles. The van der Waals surface area contributed by atoms with Gasteiger partial charge in [-0.2, -0.15) is 0 Å². The van der Waals surface area contributed by atoms with Crippen molar-refractivity contribution in [2.45, 2.75) is 0 Å². The van der Waals surface area contributed by atoms with Crippen LogP contribution in [0.1, 0.15) is 0 Å². The maximum Gasteiger partial charge on any atom is 2.00 e. The Morgan fingerprint density at radius 2 is 1.33 bits per heavy atom. The molecule has 0 aromatic heterocycles. The van der Waals surface area contributed by atoms with E-state index < -0.39 is 9.17 Å². The number of rotatable bonds is 0. The van der Waals surface area contributed by atoms with Gasteiger partial charge in [-0.25, -0.2) is 0 Å². The maximum atomic E-state index is 8.52. The maximum absolute atomic E-state index is 8.52. The third-order valence-corrected chi connectivity index (χ3v) is 0. The van der Waals surface area contributed by atoms with E-state index in [2.05, 4.69) is 0 Å². The van der Waals surface area contributed by atoms with Gasteiger partial charge >= 0.3 is 86.6 Å². The van der Waals surface area contributed by atoms with Crippen molar-refractivity contribution in [1.29, 1.82) is 0 Å². The van der Waals surface area contributed by atoms with Gasteiger partial charge in [0.2, 0.25) is 0 Å². The zero-order chi connectivity index (χ0) is 3.58. The fourth-order valence-electron chi connectivity index (χ4n) is 0. The first kappa shape index (κ1) is 15.8. The van der Waals surface area contributed by atoms with Crippen LogP contribution in [0.25, 0.3) is 0 Å². The first-order valence-corrected chi connectivity index (χ1v) is 1.84. The summed E-state index contributed by atoms with van der Waals surface area (Å²) in [6.45, 7) is 0. The molecule has 0 fully saturated rings. The van der Waals surface area contributed by atoms with E-state index >= 15 is 0 Å². The Balaban J connectivity index is -0.0000000450. The molecule has 0 amide bonds. The summed E-state index contributed by atoms with van der Waals surface area (Å²) in [7, 11) is -3.63. The molecule has 0 atom stereocenters. The molecule has 0 aliphatic rings. The summed E-state index contributed by atoms with van der Waals surface area (Å²) < 4.78 is 8.52. The molecule has 0 aliphatic carbocycles. The van der Waals surface area contributed by atoms with Crippen LogP contribution in [0, 0.1) is 0 Å². The Kier molecular flexibility index (Phi) is 27.5. The van der Waals surface area contributed by atoms with Crippen molar-refractivity contribution in [3.63, 3.8) is 0 Å². The van der Waals surface area contributed by atoms with Crippen LogP contribution in [0.2, 0.25) is 0 Å². The van der Waals surface area contributed by atoms with E-state index in [9.17, 15) is 0 Å². The molecule has 6 heavy (non-hydrogen) atoms. The van der Waals surface area contributed by atoms with Crippen LogP contribution >= 0.6 is 0 Å². The van der Waals surface area contributed by atoms with Crippen LogP contribution in [0.15, 0.2) is 0 Å². The molecule has 0 radical (unpaired) electrons. The monoisotopic (exact) mass is 254 g/mol. The van der Waals surface area contributed by atoms with Gasteiger partial charge in [-0.05, 0) is 0 Å². The van der Waals surface area contributed by atoms with Crippen molar-refractivity contribution in [3.8, 4) is 0 Å². The normalized spacial score (nSPS) is 4.00.